The largest absolute Gasteiger partial charge is 0.390 e. The van der Waals surface area contributed by atoms with Crippen molar-refractivity contribution in [2.75, 3.05) is 37.7 Å². The van der Waals surface area contributed by atoms with Gasteiger partial charge in [-0.1, -0.05) is 36.4 Å². The van der Waals surface area contributed by atoms with Gasteiger partial charge in [-0.2, -0.15) is 0 Å². The van der Waals surface area contributed by atoms with E-state index in [1.165, 1.54) is 32.1 Å². The first-order chi connectivity index (χ1) is 17.1. The number of β-amino-alcohol motifs (C(OH)–C–C–N with tert-alkyl or cyclic N) is 1. The monoisotopic (exact) mass is 474 g/mol. The molecule has 2 aliphatic carbocycles. The Morgan fingerprint density at radius 1 is 1.03 bits per heavy atom. The van der Waals surface area contributed by atoms with Crippen molar-refractivity contribution in [2.45, 2.75) is 68.5 Å². The fourth-order valence-electron chi connectivity index (χ4n) is 7.38. The van der Waals surface area contributed by atoms with E-state index in [4.69, 9.17) is 5.73 Å². The number of amides is 1. The first-order valence-corrected chi connectivity index (χ1v) is 13.5. The summed E-state index contributed by atoms with van der Waals surface area (Å²) >= 11 is 0. The van der Waals surface area contributed by atoms with Gasteiger partial charge >= 0.3 is 0 Å². The number of para-hydroxylation sites is 1. The number of rotatable bonds is 5. The number of carbonyl (C=O) groups excluding carboxylic acids is 1. The molecule has 0 unspecified atom stereocenters. The zero-order valence-electron chi connectivity index (χ0n) is 20.6. The quantitative estimate of drug-likeness (QED) is 0.695. The SMILES string of the molecule is NC[C@@H](O)CN1CN(c2ccccc2)C2(CCN([C@H]3CC[C@@H]4CCCc5cccc3c54)CC2)C1=O. The highest BCUT2D eigenvalue weighted by atomic mass is 16.3. The van der Waals surface area contributed by atoms with Gasteiger partial charge in [-0.15, -0.1) is 0 Å². The summed E-state index contributed by atoms with van der Waals surface area (Å²) in [6.07, 6.45) is 7.33. The molecule has 0 saturated carbocycles. The molecule has 2 saturated heterocycles. The first kappa shape index (κ1) is 23.0. The number of hydrogen-bond donors (Lipinski definition) is 2. The molecule has 35 heavy (non-hydrogen) atoms. The van der Waals surface area contributed by atoms with Crippen molar-refractivity contribution in [3.8, 4) is 0 Å². The molecule has 2 aromatic carbocycles. The second kappa shape index (κ2) is 9.23. The number of anilines is 1. The van der Waals surface area contributed by atoms with Gasteiger partial charge in [-0.25, -0.2) is 0 Å². The zero-order chi connectivity index (χ0) is 24.0. The minimum Gasteiger partial charge on any atom is -0.390 e. The fraction of sp³-hybridized carbons (Fsp3) is 0.552. The maximum absolute atomic E-state index is 13.8. The van der Waals surface area contributed by atoms with E-state index in [2.05, 4.69) is 40.1 Å². The lowest BCUT2D eigenvalue weighted by atomic mass is 9.71. The van der Waals surface area contributed by atoms with Crippen LogP contribution in [0.3, 0.4) is 0 Å². The number of hydrogen-bond acceptors (Lipinski definition) is 5. The van der Waals surface area contributed by atoms with Crippen LogP contribution in [0, 0.1) is 0 Å². The Morgan fingerprint density at radius 2 is 1.83 bits per heavy atom. The van der Waals surface area contributed by atoms with E-state index in [1.807, 2.05) is 23.1 Å². The highest BCUT2D eigenvalue weighted by Gasteiger charge is 2.54. The number of aliphatic hydroxyl groups excluding tert-OH is 1. The Morgan fingerprint density at radius 3 is 2.60 bits per heavy atom. The van der Waals surface area contributed by atoms with E-state index in [0.717, 1.165) is 37.5 Å². The summed E-state index contributed by atoms with van der Waals surface area (Å²) in [5.74, 6) is 0.893. The topological polar surface area (TPSA) is 73.0 Å². The van der Waals surface area contributed by atoms with E-state index in [9.17, 15) is 9.90 Å². The van der Waals surface area contributed by atoms with Gasteiger partial charge in [0.1, 0.15) is 5.54 Å². The van der Waals surface area contributed by atoms with Gasteiger partial charge < -0.3 is 20.6 Å². The number of likely N-dealkylation sites (tertiary alicyclic amines) is 1. The van der Waals surface area contributed by atoms with Crippen LogP contribution in [0.15, 0.2) is 48.5 Å². The van der Waals surface area contributed by atoms with Gasteiger partial charge in [0, 0.05) is 37.9 Å². The third-order valence-electron chi connectivity index (χ3n) is 9.14. The third kappa shape index (κ3) is 3.87. The molecule has 0 radical (unpaired) electrons. The molecule has 186 valence electrons. The second-order valence-electron chi connectivity index (χ2n) is 11.0. The Hall–Kier alpha value is -2.41. The van der Waals surface area contributed by atoms with Crippen molar-refractivity contribution < 1.29 is 9.90 Å². The molecule has 2 aliphatic heterocycles. The molecule has 6 heteroatoms. The van der Waals surface area contributed by atoms with E-state index < -0.39 is 11.6 Å². The van der Waals surface area contributed by atoms with Crippen LogP contribution in [-0.2, 0) is 11.2 Å². The summed E-state index contributed by atoms with van der Waals surface area (Å²) in [4.78, 5) is 20.6. The summed E-state index contributed by atoms with van der Waals surface area (Å²) in [6.45, 7) is 2.81. The van der Waals surface area contributed by atoms with Crippen LogP contribution in [0.4, 0.5) is 5.69 Å². The minimum absolute atomic E-state index is 0.148. The average Bonchev–Trinajstić information content (AvgIpc) is 3.16. The second-order valence-corrected chi connectivity index (χ2v) is 11.0. The molecule has 0 aromatic heterocycles. The van der Waals surface area contributed by atoms with Crippen molar-refractivity contribution in [1.82, 2.24) is 9.80 Å². The van der Waals surface area contributed by atoms with Crippen LogP contribution in [0.5, 0.6) is 0 Å². The maximum Gasteiger partial charge on any atom is 0.250 e. The molecule has 6 nitrogen and oxygen atoms in total. The lowest BCUT2D eigenvalue weighted by Crippen LogP contribution is -2.57. The Balaban J connectivity index is 1.26. The van der Waals surface area contributed by atoms with Gasteiger partial charge in [0.15, 0.2) is 0 Å². The number of piperidine rings is 1. The molecular formula is C29H38N4O2. The minimum atomic E-state index is -0.689. The van der Waals surface area contributed by atoms with Gasteiger partial charge in [0.25, 0.3) is 0 Å². The molecule has 2 heterocycles. The summed E-state index contributed by atoms with van der Waals surface area (Å²) in [7, 11) is 0. The summed E-state index contributed by atoms with van der Waals surface area (Å²) < 4.78 is 0. The van der Waals surface area contributed by atoms with Gasteiger partial charge in [0.05, 0.1) is 12.8 Å². The summed E-state index contributed by atoms with van der Waals surface area (Å²) in [6, 6.07) is 17.7. The van der Waals surface area contributed by atoms with Gasteiger partial charge in [0.2, 0.25) is 5.91 Å². The van der Waals surface area contributed by atoms with E-state index >= 15 is 0 Å². The van der Waals surface area contributed by atoms with E-state index in [1.54, 1.807) is 16.7 Å². The van der Waals surface area contributed by atoms with Crippen LogP contribution >= 0.6 is 0 Å². The van der Waals surface area contributed by atoms with Crippen molar-refractivity contribution in [2.24, 2.45) is 5.73 Å². The van der Waals surface area contributed by atoms with Crippen molar-refractivity contribution >= 4 is 11.6 Å². The molecule has 2 fully saturated rings. The molecule has 6 rings (SSSR count). The zero-order valence-corrected chi connectivity index (χ0v) is 20.6. The molecule has 2 aromatic rings. The van der Waals surface area contributed by atoms with Crippen LogP contribution in [0.25, 0.3) is 0 Å². The van der Waals surface area contributed by atoms with Crippen LogP contribution in [-0.4, -0.2) is 65.3 Å². The number of aryl methyl sites for hydroxylation is 1. The number of carbonyl (C=O) groups is 1. The van der Waals surface area contributed by atoms with Crippen LogP contribution in [0.1, 0.15) is 67.2 Å². The molecule has 1 amide bonds. The number of benzene rings is 2. The van der Waals surface area contributed by atoms with E-state index in [0.29, 0.717) is 19.3 Å². The van der Waals surface area contributed by atoms with Crippen molar-refractivity contribution in [1.29, 1.82) is 0 Å². The number of nitrogens with zero attached hydrogens (tertiary/aromatic N) is 3. The maximum atomic E-state index is 13.8. The van der Waals surface area contributed by atoms with Crippen LogP contribution in [0.2, 0.25) is 0 Å². The Kier molecular flexibility index (Phi) is 6.07. The first-order valence-electron chi connectivity index (χ1n) is 13.5. The molecule has 4 aliphatic rings. The van der Waals surface area contributed by atoms with Crippen molar-refractivity contribution in [3.05, 3.63) is 65.2 Å². The molecular weight excluding hydrogens is 436 g/mol. The molecule has 1 spiro atoms. The normalized spacial score (nSPS) is 26.7. The highest BCUT2D eigenvalue weighted by molar-refractivity contribution is 5.93. The predicted molar refractivity (Wildman–Crippen MR) is 138 cm³/mol. The smallest absolute Gasteiger partial charge is 0.250 e. The number of nitrogens with two attached hydrogens (primary N) is 1. The Labute approximate surface area is 208 Å². The number of aliphatic hydroxyl groups is 1. The lowest BCUT2D eigenvalue weighted by Gasteiger charge is -2.47. The van der Waals surface area contributed by atoms with Crippen LogP contribution < -0.4 is 10.6 Å². The summed E-state index contributed by atoms with van der Waals surface area (Å²) in [5, 5.41) is 10.2. The molecule has 0 bridgehead atoms. The predicted octanol–water partition coefficient (Wildman–Crippen LogP) is 3.40. The average molecular weight is 475 g/mol. The van der Waals surface area contributed by atoms with Gasteiger partial charge in [-0.3, -0.25) is 9.69 Å². The van der Waals surface area contributed by atoms with E-state index in [-0.39, 0.29) is 12.5 Å². The fourth-order valence-corrected chi connectivity index (χ4v) is 7.38. The molecule has 3 N–H and O–H groups in total. The standard InChI is InChI=1S/C29H38N4O2/c30-18-24(34)19-32-20-33(23-9-2-1-3-10-23)29(28(32)35)14-16-31(17-15-29)26-13-12-22-7-4-6-21-8-5-11-25(26)27(21)22/h1-3,5,8-11,22,24,26,34H,4,6-7,12-20,30H2/t22-,24+,26-/m0/s1. The lowest BCUT2D eigenvalue weighted by molar-refractivity contribution is -0.135. The van der Waals surface area contributed by atoms with Crippen molar-refractivity contribution in [3.63, 3.8) is 0 Å². The highest BCUT2D eigenvalue weighted by Crippen LogP contribution is 2.48. The van der Waals surface area contributed by atoms with Gasteiger partial charge in [-0.05, 0) is 79.7 Å². The summed E-state index contributed by atoms with van der Waals surface area (Å²) in [5.41, 5.74) is 11.0. The molecule has 3 atom stereocenters. The third-order valence-corrected chi connectivity index (χ3v) is 9.14. The Bertz CT molecular complexity index is 1070.